The van der Waals surface area contributed by atoms with Crippen LogP contribution in [0, 0.1) is 0 Å². The van der Waals surface area contributed by atoms with Crippen LogP contribution in [-0.4, -0.2) is 22.7 Å². The summed E-state index contributed by atoms with van der Waals surface area (Å²) in [5.74, 6) is 1.07. The van der Waals surface area contributed by atoms with E-state index in [1.165, 1.54) is 0 Å². The van der Waals surface area contributed by atoms with Crippen molar-refractivity contribution in [2.75, 3.05) is 6.61 Å². The molecule has 1 atom stereocenters. The Kier molecular flexibility index (Phi) is 6.59. The van der Waals surface area contributed by atoms with Crippen LogP contribution in [0.4, 0.5) is 0 Å². The lowest BCUT2D eigenvalue weighted by atomic mass is 10.1. The summed E-state index contributed by atoms with van der Waals surface area (Å²) in [4.78, 5) is 17.1. The van der Waals surface area contributed by atoms with E-state index in [9.17, 15) is 4.79 Å². The molecular formula is C24H20ClN3O3. The van der Waals surface area contributed by atoms with E-state index in [1.54, 1.807) is 24.3 Å². The fourth-order valence-corrected chi connectivity index (χ4v) is 3.17. The van der Waals surface area contributed by atoms with Gasteiger partial charge in [0.2, 0.25) is 11.7 Å². The topological polar surface area (TPSA) is 77.2 Å². The molecule has 0 radical (unpaired) electrons. The summed E-state index contributed by atoms with van der Waals surface area (Å²) in [6.45, 7) is -0.146. The minimum absolute atomic E-state index is 0.146. The normalized spacial score (nSPS) is 11.6. The molecule has 0 saturated heterocycles. The van der Waals surface area contributed by atoms with Crippen molar-refractivity contribution in [1.29, 1.82) is 0 Å². The lowest BCUT2D eigenvalue weighted by Gasteiger charge is -2.15. The number of rotatable bonds is 8. The molecule has 0 fully saturated rings. The molecule has 4 rings (SSSR count). The molecule has 1 amide bonds. The van der Waals surface area contributed by atoms with Crippen LogP contribution in [0.15, 0.2) is 89.5 Å². The van der Waals surface area contributed by atoms with Gasteiger partial charge in [-0.3, -0.25) is 4.79 Å². The van der Waals surface area contributed by atoms with Crippen molar-refractivity contribution in [1.82, 2.24) is 15.5 Å². The zero-order valence-corrected chi connectivity index (χ0v) is 17.3. The first-order valence-corrected chi connectivity index (χ1v) is 10.2. The van der Waals surface area contributed by atoms with Crippen LogP contribution in [0.3, 0.4) is 0 Å². The van der Waals surface area contributed by atoms with Crippen molar-refractivity contribution in [3.8, 4) is 17.1 Å². The number of nitrogens with zero attached hydrogens (tertiary/aromatic N) is 2. The molecule has 0 spiro atoms. The van der Waals surface area contributed by atoms with E-state index in [-0.39, 0.29) is 12.5 Å². The fraction of sp³-hybridized carbons (Fsp3) is 0.125. The van der Waals surface area contributed by atoms with Gasteiger partial charge >= 0.3 is 0 Å². The predicted molar refractivity (Wildman–Crippen MR) is 118 cm³/mol. The van der Waals surface area contributed by atoms with Crippen LogP contribution in [0.2, 0.25) is 5.02 Å². The smallest absolute Gasteiger partial charge is 0.258 e. The van der Waals surface area contributed by atoms with Gasteiger partial charge in [-0.1, -0.05) is 77.4 Å². The number of nitrogens with one attached hydrogen (secondary N) is 1. The van der Waals surface area contributed by atoms with Gasteiger partial charge in [-0.15, -0.1) is 0 Å². The zero-order chi connectivity index (χ0) is 21.5. The summed E-state index contributed by atoms with van der Waals surface area (Å²) >= 11 is 5.88. The van der Waals surface area contributed by atoms with Gasteiger partial charge in [-0.2, -0.15) is 4.98 Å². The van der Waals surface area contributed by atoms with Crippen LogP contribution in [-0.2, 0) is 11.2 Å². The van der Waals surface area contributed by atoms with Gasteiger partial charge in [0.1, 0.15) is 11.8 Å². The molecule has 0 unspecified atom stereocenters. The Morgan fingerprint density at radius 3 is 2.35 bits per heavy atom. The molecule has 4 aromatic rings. The van der Waals surface area contributed by atoms with Gasteiger partial charge in [-0.05, 0) is 29.8 Å². The Morgan fingerprint density at radius 1 is 0.968 bits per heavy atom. The molecule has 0 aliphatic carbocycles. The summed E-state index contributed by atoms with van der Waals surface area (Å²) in [6, 6.07) is 25.7. The highest BCUT2D eigenvalue weighted by Crippen LogP contribution is 2.22. The maximum absolute atomic E-state index is 12.6. The largest absolute Gasteiger partial charge is 0.484 e. The van der Waals surface area contributed by atoms with Crippen LogP contribution in [0.5, 0.6) is 5.75 Å². The molecular weight excluding hydrogens is 414 g/mol. The van der Waals surface area contributed by atoms with E-state index >= 15 is 0 Å². The van der Waals surface area contributed by atoms with Crippen LogP contribution in [0.25, 0.3) is 11.4 Å². The minimum Gasteiger partial charge on any atom is -0.484 e. The van der Waals surface area contributed by atoms with Crippen molar-refractivity contribution >= 4 is 17.5 Å². The van der Waals surface area contributed by atoms with E-state index in [0.717, 1.165) is 11.1 Å². The minimum atomic E-state index is -0.492. The monoisotopic (exact) mass is 433 g/mol. The second-order valence-corrected chi connectivity index (χ2v) is 7.31. The summed E-state index contributed by atoms with van der Waals surface area (Å²) in [5.41, 5.74) is 1.87. The van der Waals surface area contributed by atoms with Crippen LogP contribution in [0.1, 0.15) is 17.5 Å². The SMILES string of the molecule is O=C(COc1ccc(Cl)cc1)N[C@H](Cc1ccccc1)c1nc(-c2ccccc2)no1. The summed E-state index contributed by atoms with van der Waals surface area (Å²) < 4.78 is 11.0. The molecule has 1 heterocycles. The number of aromatic nitrogens is 2. The molecule has 0 aliphatic heterocycles. The van der Waals surface area contributed by atoms with Crippen LogP contribution >= 0.6 is 11.6 Å². The lowest BCUT2D eigenvalue weighted by Crippen LogP contribution is -2.34. The fourth-order valence-electron chi connectivity index (χ4n) is 3.05. The Hall–Kier alpha value is -3.64. The van der Waals surface area contributed by atoms with Gasteiger partial charge in [0.25, 0.3) is 5.91 Å². The number of benzene rings is 3. The van der Waals surface area contributed by atoms with Crippen molar-refractivity contribution in [2.45, 2.75) is 12.5 Å². The first-order valence-electron chi connectivity index (χ1n) is 9.78. The van der Waals surface area contributed by atoms with E-state index in [2.05, 4.69) is 15.5 Å². The third kappa shape index (κ3) is 5.71. The first kappa shape index (κ1) is 20.6. The van der Waals surface area contributed by atoms with Gasteiger partial charge < -0.3 is 14.6 Å². The highest BCUT2D eigenvalue weighted by atomic mass is 35.5. The van der Waals surface area contributed by atoms with Crippen molar-refractivity contribution in [2.24, 2.45) is 0 Å². The molecule has 3 aromatic carbocycles. The molecule has 0 bridgehead atoms. The average Bonchev–Trinajstić information content (AvgIpc) is 3.30. The Bertz CT molecular complexity index is 1120. The lowest BCUT2D eigenvalue weighted by molar-refractivity contribution is -0.124. The van der Waals surface area contributed by atoms with Gasteiger partial charge in [0.05, 0.1) is 0 Å². The number of halogens is 1. The maximum Gasteiger partial charge on any atom is 0.258 e. The number of carbonyl (C=O) groups excluding carboxylic acids is 1. The predicted octanol–water partition coefficient (Wildman–Crippen LogP) is 4.87. The number of ether oxygens (including phenoxy) is 1. The molecule has 6 nitrogen and oxygen atoms in total. The summed E-state index contributed by atoms with van der Waals surface area (Å²) in [6.07, 6.45) is 0.504. The molecule has 0 saturated carbocycles. The summed E-state index contributed by atoms with van der Waals surface area (Å²) in [5, 5.41) is 7.62. The molecule has 156 valence electrons. The van der Waals surface area contributed by atoms with Gasteiger partial charge in [0.15, 0.2) is 6.61 Å². The van der Waals surface area contributed by atoms with E-state index in [4.69, 9.17) is 20.9 Å². The van der Waals surface area contributed by atoms with Gasteiger partial charge in [0, 0.05) is 17.0 Å². The molecule has 1 N–H and O–H groups in total. The Labute approximate surface area is 184 Å². The molecule has 31 heavy (non-hydrogen) atoms. The number of hydrogen-bond donors (Lipinski definition) is 1. The second-order valence-electron chi connectivity index (χ2n) is 6.87. The van der Waals surface area contributed by atoms with E-state index in [1.807, 2.05) is 60.7 Å². The zero-order valence-electron chi connectivity index (χ0n) is 16.6. The van der Waals surface area contributed by atoms with Crippen molar-refractivity contribution in [3.05, 3.63) is 101 Å². The second kappa shape index (κ2) is 9.91. The van der Waals surface area contributed by atoms with E-state index in [0.29, 0.717) is 28.9 Å². The molecule has 0 aliphatic rings. The van der Waals surface area contributed by atoms with Crippen molar-refractivity contribution in [3.63, 3.8) is 0 Å². The third-order valence-electron chi connectivity index (χ3n) is 4.57. The number of amides is 1. The molecule has 1 aromatic heterocycles. The quantitative estimate of drug-likeness (QED) is 0.429. The molecule has 7 heteroatoms. The van der Waals surface area contributed by atoms with E-state index < -0.39 is 6.04 Å². The number of carbonyl (C=O) groups is 1. The standard InChI is InChI=1S/C24H20ClN3O3/c25-19-11-13-20(14-12-19)30-16-22(29)26-21(15-17-7-3-1-4-8-17)24-27-23(28-31-24)18-9-5-2-6-10-18/h1-14,21H,15-16H2,(H,26,29)/t21-/m1/s1. The average molecular weight is 434 g/mol. The number of hydrogen-bond acceptors (Lipinski definition) is 5. The maximum atomic E-state index is 12.6. The Balaban J connectivity index is 1.48. The van der Waals surface area contributed by atoms with Crippen LogP contribution < -0.4 is 10.1 Å². The van der Waals surface area contributed by atoms with Gasteiger partial charge in [-0.25, -0.2) is 0 Å². The summed E-state index contributed by atoms with van der Waals surface area (Å²) in [7, 11) is 0. The highest BCUT2D eigenvalue weighted by molar-refractivity contribution is 6.30. The third-order valence-corrected chi connectivity index (χ3v) is 4.83. The highest BCUT2D eigenvalue weighted by Gasteiger charge is 2.22. The van der Waals surface area contributed by atoms with Crippen molar-refractivity contribution < 1.29 is 14.1 Å². The first-order chi connectivity index (χ1) is 15.2. The Morgan fingerprint density at radius 2 is 1.65 bits per heavy atom.